The predicted molar refractivity (Wildman–Crippen MR) is 138 cm³/mol. The van der Waals surface area contributed by atoms with Gasteiger partial charge in [-0.15, -0.1) is 0 Å². The molecule has 5 rings (SSSR count). The highest BCUT2D eigenvalue weighted by molar-refractivity contribution is 5.92. The summed E-state index contributed by atoms with van der Waals surface area (Å²) >= 11 is 0. The minimum atomic E-state index is -1.26. The molecule has 1 heterocycles. The Balaban J connectivity index is 1.13. The van der Waals surface area contributed by atoms with Gasteiger partial charge in [0.2, 0.25) is 5.43 Å². The Morgan fingerprint density at radius 3 is 2.39 bits per heavy atom. The van der Waals surface area contributed by atoms with Crippen LogP contribution >= 0.6 is 0 Å². The molecule has 36 heavy (non-hydrogen) atoms. The fraction of sp³-hybridized carbons (Fsp3) is 0.138. The second-order valence-electron chi connectivity index (χ2n) is 8.59. The largest absolute Gasteiger partial charge is 0.477 e. The number of amides is 1. The fourth-order valence-electron chi connectivity index (χ4n) is 4.63. The number of aromatic amines is 1. The first kappa shape index (κ1) is 23.1. The maximum atomic E-state index is 12.3. The van der Waals surface area contributed by atoms with Crippen molar-refractivity contribution in [3.05, 3.63) is 111 Å². The van der Waals surface area contributed by atoms with Gasteiger partial charge in [0.05, 0.1) is 0 Å². The summed E-state index contributed by atoms with van der Waals surface area (Å²) < 4.78 is 5.54. The molecule has 1 aliphatic carbocycles. The Hall–Kier alpha value is -4.65. The van der Waals surface area contributed by atoms with E-state index in [4.69, 9.17) is 9.84 Å². The van der Waals surface area contributed by atoms with Gasteiger partial charge in [-0.2, -0.15) is 0 Å². The van der Waals surface area contributed by atoms with Crippen molar-refractivity contribution in [3.8, 4) is 11.1 Å². The molecule has 0 fully saturated rings. The van der Waals surface area contributed by atoms with Gasteiger partial charge in [0.1, 0.15) is 12.2 Å². The molecule has 0 saturated heterocycles. The van der Waals surface area contributed by atoms with Crippen molar-refractivity contribution in [3.63, 3.8) is 0 Å². The zero-order valence-electron chi connectivity index (χ0n) is 19.4. The Labute approximate surface area is 207 Å². The van der Waals surface area contributed by atoms with Crippen molar-refractivity contribution >= 4 is 29.0 Å². The number of benzene rings is 3. The summed E-state index contributed by atoms with van der Waals surface area (Å²) in [5, 5.41) is 12.2. The van der Waals surface area contributed by atoms with Gasteiger partial charge in [-0.25, -0.2) is 9.59 Å². The summed E-state index contributed by atoms with van der Waals surface area (Å²) in [7, 11) is 0. The summed E-state index contributed by atoms with van der Waals surface area (Å²) in [5.74, 6) is -1.24. The molecule has 0 unspecified atom stereocenters. The number of carboxylic acids is 1. The average Bonchev–Trinajstić information content (AvgIpc) is 3.21. The molecule has 7 heteroatoms. The second kappa shape index (κ2) is 9.92. The lowest BCUT2D eigenvalue weighted by Gasteiger charge is -2.14. The molecule has 1 aliphatic rings. The van der Waals surface area contributed by atoms with E-state index in [1.165, 1.54) is 28.5 Å². The van der Waals surface area contributed by atoms with Gasteiger partial charge in [0.15, 0.2) is 0 Å². The number of H-pyrrole nitrogens is 1. The quantitative estimate of drug-likeness (QED) is 0.316. The molecule has 0 spiro atoms. The minimum absolute atomic E-state index is 0.0222. The standard InChI is InChI=1S/C29H24N2O5/c32-27-23-13-12-18(15-26(23)31-16-24(27)28(33)34)7-5-6-14-30-29(35)36-17-25-21-10-3-1-8-19(21)20-9-2-4-11-22(20)25/h1-5,7-13,15-16,25H,6,14,17H2,(H,30,35)(H,31,32)(H,33,34). The monoisotopic (exact) mass is 480 g/mol. The molecule has 3 aromatic carbocycles. The first-order valence-corrected chi connectivity index (χ1v) is 11.7. The lowest BCUT2D eigenvalue weighted by Crippen LogP contribution is -2.26. The number of carbonyl (C=O) groups is 2. The molecule has 180 valence electrons. The number of nitrogens with one attached hydrogen (secondary N) is 2. The van der Waals surface area contributed by atoms with E-state index in [1.54, 1.807) is 18.2 Å². The van der Waals surface area contributed by atoms with E-state index in [0.29, 0.717) is 23.9 Å². The number of hydrogen-bond acceptors (Lipinski definition) is 4. The Morgan fingerprint density at radius 1 is 1.00 bits per heavy atom. The number of fused-ring (bicyclic) bond motifs is 4. The summed E-state index contributed by atoms with van der Waals surface area (Å²) in [4.78, 5) is 38.5. The predicted octanol–water partition coefficient (Wildman–Crippen LogP) is 5.17. The molecule has 3 N–H and O–H groups in total. The van der Waals surface area contributed by atoms with Crippen LogP contribution in [0, 0.1) is 0 Å². The van der Waals surface area contributed by atoms with E-state index in [2.05, 4.69) is 34.6 Å². The summed E-state index contributed by atoms with van der Waals surface area (Å²) in [5.41, 5.74) is 5.32. The molecule has 0 aliphatic heterocycles. The summed E-state index contributed by atoms with van der Waals surface area (Å²) in [6.07, 6.45) is 5.13. The molecule has 0 atom stereocenters. The van der Waals surface area contributed by atoms with Crippen LogP contribution in [0.4, 0.5) is 4.79 Å². The maximum absolute atomic E-state index is 12.3. The zero-order valence-corrected chi connectivity index (χ0v) is 19.4. The average molecular weight is 481 g/mol. The molecule has 1 aromatic heterocycles. The van der Waals surface area contributed by atoms with E-state index < -0.39 is 17.5 Å². The Kier molecular flexibility index (Phi) is 6.36. The van der Waals surface area contributed by atoms with Crippen LogP contribution in [0.1, 0.15) is 39.4 Å². The molecule has 0 saturated carbocycles. The minimum Gasteiger partial charge on any atom is -0.477 e. The number of carboxylic acid groups (broad SMARTS) is 1. The normalized spacial score (nSPS) is 12.4. The highest BCUT2D eigenvalue weighted by Gasteiger charge is 2.28. The molecule has 7 nitrogen and oxygen atoms in total. The second-order valence-corrected chi connectivity index (χ2v) is 8.59. The number of aromatic carboxylic acids is 1. The van der Waals surface area contributed by atoms with Gasteiger partial charge in [0.25, 0.3) is 0 Å². The van der Waals surface area contributed by atoms with Crippen LogP contribution in [0.15, 0.2) is 83.8 Å². The summed E-state index contributed by atoms with van der Waals surface area (Å²) in [6.45, 7) is 0.689. The van der Waals surface area contributed by atoms with Crippen molar-refractivity contribution < 1.29 is 19.4 Å². The van der Waals surface area contributed by atoms with Crippen molar-refractivity contribution in [2.75, 3.05) is 13.2 Å². The van der Waals surface area contributed by atoms with E-state index in [0.717, 1.165) is 5.56 Å². The van der Waals surface area contributed by atoms with Gasteiger partial charge < -0.3 is 20.1 Å². The van der Waals surface area contributed by atoms with Crippen LogP contribution in [-0.4, -0.2) is 35.3 Å². The van der Waals surface area contributed by atoms with Crippen molar-refractivity contribution in [2.24, 2.45) is 0 Å². The lowest BCUT2D eigenvalue weighted by atomic mass is 9.98. The Bertz CT molecular complexity index is 1510. The smallest absolute Gasteiger partial charge is 0.407 e. The van der Waals surface area contributed by atoms with Gasteiger partial charge in [0, 0.05) is 29.6 Å². The highest BCUT2D eigenvalue weighted by atomic mass is 16.5. The van der Waals surface area contributed by atoms with Crippen molar-refractivity contribution in [1.82, 2.24) is 10.3 Å². The highest BCUT2D eigenvalue weighted by Crippen LogP contribution is 2.44. The van der Waals surface area contributed by atoms with Crippen LogP contribution in [-0.2, 0) is 4.74 Å². The lowest BCUT2D eigenvalue weighted by molar-refractivity contribution is 0.0695. The van der Waals surface area contributed by atoms with Crippen LogP contribution < -0.4 is 10.7 Å². The molecule has 4 aromatic rings. The van der Waals surface area contributed by atoms with Crippen LogP contribution in [0.25, 0.3) is 28.1 Å². The molecular formula is C29H24N2O5. The number of aromatic nitrogens is 1. The number of pyridine rings is 1. The third-order valence-electron chi connectivity index (χ3n) is 6.37. The van der Waals surface area contributed by atoms with Gasteiger partial charge in [-0.05, 0) is 46.4 Å². The van der Waals surface area contributed by atoms with Crippen LogP contribution in [0.5, 0.6) is 0 Å². The van der Waals surface area contributed by atoms with E-state index in [-0.39, 0.29) is 18.1 Å². The van der Waals surface area contributed by atoms with Crippen molar-refractivity contribution in [2.45, 2.75) is 12.3 Å². The fourth-order valence-corrected chi connectivity index (χ4v) is 4.63. The third kappa shape index (κ3) is 4.51. The number of hydrogen-bond donors (Lipinski definition) is 3. The number of alkyl carbamates (subject to hydrolysis) is 1. The van der Waals surface area contributed by atoms with Crippen LogP contribution in [0.3, 0.4) is 0 Å². The topological polar surface area (TPSA) is 108 Å². The number of rotatable bonds is 7. The zero-order chi connectivity index (χ0) is 25.1. The maximum Gasteiger partial charge on any atom is 0.407 e. The number of carbonyl (C=O) groups excluding carboxylic acids is 1. The van der Waals surface area contributed by atoms with E-state index >= 15 is 0 Å². The number of ether oxygens (including phenoxy) is 1. The van der Waals surface area contributed by atoms with E-state index in [9.17, 15) is 14.4 Å². The van der Waals surface area contributed by atoms with Gasteiger partial charge >= 0.3 is 12.1 Å². The van der Waals surface area contributed by atoms with Gasteiger partial charge in [-0.1, -0.05) is 66.7 Å². The third-order valence-corrected chi connectivity index (χ3v) is 6.37. The Morgan fingerprint density at radius 2 is 1.69 bits per heavy atom. The van der Waals surface area contributed by atoms with Crippen molar-refractivity contribution in [1.29, 1.82) is 0 Å². The first-order valence-electron chi connectivity index (χ1n) is 11.7. The van der Waals surface area contributed by atoms with Crippen LogP contribution in [0.2, 0.25) is 0 Å². The molecule has 1 amide bonds. The molecular weight excluding hydrogens is 456 g/mol. The SMILES string of the molecule is O=C(NCCC=Cc1ccc2c(=O)c(C(=O)O)c[nH]c2c1)OCC1c2ccccc2-c2ccccc21. The first-order chi connectivity index (χ1) is 17.5. The molecule has 0 bridgehead atoms. The molecule has 0 radical (unpaired) electrons. The van der Waals surface area contributed by atoms with Gasteiger partial charge in [-0.3, -0.25) is 4.79 Å². The van der Waals surface area contributed by atoms with E-state index in [1.807, 2.05) is 36.4 Å². The summed E-state index contributed by atoms with van der Waals surface area (Å²) in [6, 6.07) is 21.5.